The number of aromatic nitrogens is 2. The summed E-state index contributed by atoms with van der Waals surface area (Å²) in [6.07, 6.45) is 3.20. The molecule has 2 rings (SSSR count). The number of aliphatic hydroxyl groups excluding tert-OH is 1. The van der Waals surface area contributed by atoms with E-state index in [0.717, 1.165) is 25.7 Å². The van der Waals surface area contributed by atoms with Gasteiger partial charge in [0.2, 0.25) is 0 Å². The van der Waals surface area contributed by atoms with Gasteiger partial charge in [-0.3, -0.25) is 9.48 Å². The van der Waals surface area contributed by atoms with Gasteiger partial charge >= 0.3 is 0 Å². The number of aliphatic hydroxyl groups is 1. The molecular weight excluding hydrogens is 244 g/mol. The first-order valence-corrected chi connectivity index (χ1v) is 6.67. The van der Waals surface area contributed by atoms with Crippen LogP contribution in [0.3, 0.4) is 0 Å². The minimum Gasteiger partial charge on any atom is -0.395 e. The summed E-state index contributed by atoms with van der Waals surface area (Å²) in [4.78, 5) is 14.1. The van der Waals surface area contributed by atoms with Gasteiger partial charge in [-0.15, -0.1) is 0 Å². The van der Waals surface area contributed by atoms with E-state index in [1.165, 1.54) is 4.68 Å². The van der Waals surface area contributed by atoms with Crippen LogP contribution in [0.5, 0.6) is 0 Å². The molecule has 1 amide bonds. The lowest BCUT2D eigenvalue weighted by atomic mass is 9.91. The maximum absolute atomic E-state index is 12.5. The van der Waals surface area contributed by atoms with Crippen molar-refractivity contribution in [3.8, 4) is 0 Å². The van der Waals surface area contributed by atoms with Crippen molar-refractivity contribution in [3.63, 3.8) is 0 Å². The van der Waals surface area contributed by atoms with Gasteiger partial charge < -0.3 is 15.7 Å². The van der Waals surface area contributed by atoms with Gasteiger partial charge in [-0.25, -0.2) is 0 Å². The van der Waals surface area contributed by atoms with Crippen molar-refractivity contribution in [1.82, 2.24) is 14.7 Å². The third kappa shape index (κ3) is 2.45. The van der Waals surface area contributed by atoms with Crippen LogP contribution in [-0.4, -0.2) is 44.9 Å². The first-order valence-electron chi connectivity index (χ1n) is 6.67. The molecule has 1 saturated carbocycles. The highest BCUT2D eigenvalue weighted by molar-refractivity contribution is 5.98. The fraction of sp³-hybridized carbons (Fsp3) is 0.692. The van der Waals surface area contributed by atoms with E-state index in [1.807, 2.05) is 0 Å². The molecule has 1 heterocycles. The summed E-state index contributed by atoms with van der Waals surface area (Å²) in [5.41, 5.74) is 7.39. The first-order chi connectivity index (χ1) is 8.93. The molecule has 0 aliphatic heterocycles. The molecule has 6 nitrogen and oxygen atoms in total. The van der Waals surface area contributed by atoms with Crippen molar-refractivity contribution in [2.24, 2.45) is 7.05 Å². The lowest BCUT2D eigenvalue weighted by Gasteiger charge is -2.35. The Bertz CT molecular complexity index is 483. The van der Waals surface area contributed by atoms with Crippen molar-refractivity contribution < 1.29 is 9.90 Å². The van der Waals surface area contributed by atoms with Crippen LogP contribution >= 0.6 is 0 Å². The summed E-state index contributed by atoms with van der Waals surface area (Å²) >= 11 is 0. The lowest BCUT2D eigenvalue weighted by Crippen LogP contribution is -2.46. The molecular formula is C13H22N4O2. The SMILES string of the molecule is Cc1nn(C)c(C(=O)N(C)C2CCCCC2O)c1N. The Balaban J connectivity index is 2.23. The van der Waals surface area contributed by atoms with Crippen molar-refractivity contribution in [2.75, 3.05) is 12.8 Å². The first kappa shape index (κ1) is 13.9. The average molecular weight is 266 g/mol. The van der Waals surface area contributed by atoms with Gasteiger partial charge in [0.15, 0.2) is 0 Å². The van der Waals surface area contributed by atoms with E-state index in [4.69, 9.17) is 5.73 Å². The van der Waals surface area contributed by atoms with Gasteiger partial charge in [-0.2, -0.15) is 5.10 Å². The second-order valence-corrected chi connectivity index (χ2v) is 5.31. The fourth-order valence-electron chi connectivity index (χ4n) is 2.79. The second kappa shape index (κ2) is 5.21. The maximum Gasteiger partial charge on any atom is 0.274 e. The normalized spacial score (nSPS) is 23.4. The van der Waals surface area contributed by atoms with Gasteiger partial charge in [-0.05, 0) is 19.8 Å². The van der Waals surface area contributed by atoms with Gasteiger partial charge in [0.1, 0.15) is 5.69 Å². The molecule has 0 saturated heterocycles. The fourth-order valence-corrected chi connectivity index (χ4v) is 2.79. The number of nitrogens with two attached hydrogens (primary N) is 1. The second-order valence-electron chi connectivity index (χ2n) is 5.31. The zero-order chi connectivity index (χ0) is 14.2. The number of aryl methyl sites for hydroxylation is 2. The van der Waals surface area contributed by atoms with Crippen LogP contribution < -0.4 is 5.73 Å². The third-order valence-corrected chi connectivity index (χ3v) is 3.98. The Morgan fingerprint density at radius 3 is 2.63 bits per heavy atom. The van der Waals surface area contributed by atoms with E-state index < -0.39 is 6.10 Å². The highest BCUT2D eigenvalue weighted by Gasteiger charge is 2.32. The summed E-state index contributed by atoms with van der Waals surface area (Å²) in [7, 11) is 3.44. The molecule has 6 heteroatoms. The zero-order valence-corrected chi connectivity index (χ0v) is 11.8. The molecule has 1 aliphatic carbocycles. The molecule has 1 aromatic heterocycles. The molecule has 19 heavy (non-hydrogen) atoms. The van der Waals surface area contributed by atoms with E-state index in [0.29, 0.717) is 17.1 Å². The molecule has 0 aromatic carbocycles. The molecule has 106 valence electrons. The molecule has 1 aliphatic rings. The maximum atomic E-state index is 12.5. The largest absolute Gasteiger partial charge is 0.395 e. The number of carbonyl (C=O) groups excluding carboxylic acids is 1. The lowest BCUT2D eigenvalue weighted by molar-refractivity contribution is 0.0262. The van der Waals surface area contributed by atoms with E-state index in [2.05, 4.69) is 5.10 Å². The van der Waals surface area contributed by atoms with Gasteiger partial charge in [-0.1, -0.05) is 12.8 Å². The van der Waals surface area contributed by atoms with E-state index in [-0.39, 0.29) is 11.9 Å². The van der Waals surface area contributed by atoms with Gasteiger partial charge in [0, 0.05) is 14.1 Å². The van der Waals surface area contributed by atoms with Crippen LogP contribution in [0.4, 0.5) is 5.69 Å². The molecule has 1 aromatic rings. The van der Waals surface area contributed by atoms with Crippen molar-refractivity contribution in [1.29, 1.82) is 0 Å². The standard InChI is InChI=1S/C13H22N4O2/c1-8-11(14)12(17(3)15-8)13(19)16(2)9-6-4-5-7-10(9)18/h9-10,18H,4-7,14H2,1-3H3. The number of likely N-dealkylation sites (N-methyl/N-ethyl adjacent to an activating group) is 1. The van der Waals surface area contributed by atoms with Crippen LogP contribution in [0.1, 0.15) is 41.9 Å². The summed E-state index contributed by atoms with van der Waals surface area (Å²) in [5, 5.41) is 14.2. The summed E-state index contributed by atoms with van der Waals surface area (Å²) in [6.45, 7) is 1.78. The monoisotopic (exact) mass is 266 g/mol. The van der Waals surface area contributed by atoms with Crippen LogP contribution in [0.2, 0.25) is 0 Å². The highest BCUT2D eigenvalue weighted by atomic mass is 16.3. The Morgan fingerprint density at radius 1 is 1.47 bits per heavy atom. The minimum absolute atomic E-state index is 0.129. The number of rotatable bonds is 2. The number of carbonyl (C=O) groups is 1. The number of hydrogen-bond donors (Lipinski definition) is 2. The Morgan fingerprint density at radius 2 is 2.11 bits per heavy atom. The summed E-state index contributed by atoms with van der Waals surface area (Å²) in [6, 6.07) is -0.129. The topological polar surface area (TPSA) is 84.4 Å². The number of nitrogen functional groups attached to an aromatic ring is 1. The highest BCUT2D eigenvalue weighted by Crippen LogP contribution is 2.25. The Labute approximate surface area is 113 Å². The molecule has 1 fully saturated rings. The molecule has 3 N–H and O–H groups in total. The van der Waals surface area contributed by atoms with E-state index >= 15 is 0 Å². The van der Waals surface area contributed by atoms with Crippen molar-refractivity contribution in [3.05, 3.63) is 11.4 Å². The Hall–Kier alpha value is -1.56. The van der Waals surface area contributed by atoms with E-state index in [9.17, 15) is 9.90 Å². The van der Waals surface area contributed by atoms with Crippen molar-refractivity contribution >= 4 is 11.6 Å². The number of anilines is 1. The third-order valence-electron chi connectivity index (χ3n) is 3.98. The van der Waals surface area contributed by atoms with Gasteiger partial charge in [0.25, 0.3) is 5.91 Å². The average Bonchev–Trinajstić information content (AvgIpc) is 2.62. The van der Waals surface area contributed by atoms with Crippen molar-refractivity contribution in [2.45, 2.75) is 44.8 Å². The molecule has 0 radical (unpaired) electrons. The van der Waals surface area contributed by atoms with Crippen LogP contribution in [0.25, 0.3) is 0 Å². The predicted octanol–water partition coefficient (Wildman–Crippen LogP) is 0.686. The summed E-state index contributed by atoms with van der Waals surface area (Å²) in [5.74, 6) is -0.174. The molecule has 0 spiro atoms. The Kier molecular flexibility index (Phi) is 3.80. The smallest absolute Gasteiger partial charge is 0.274 e. The number of hydrogen-bond acceptors (Lipinski definition) is 4. The minimum atomic E-state index is -0.446. The molecule has 0 bridgehead atoms. The van der Waals surface area contributed by atoms with Gasteiger partial charge in [0.05, 0.1) is 23.5 Å². The zero-order valence-electron chi connectivity index (χ0n) is 11.8. The number of nitrogens with zero attached hydrogens (tertiary/aromatic N) is 3. The van der Waals surface area contributed by atoms with E-state index in [1.54, 1.807) is 25.9 Å². The summed E-state index contributed by atoms with van der Waals surface area (Å²) < 4.78 is 1.51. The predicted molar refractivity (Wildman–Crippen MR) is 72.7 cm³/mol. The van der Waals surface area contributed by atoms with Crippen LogP contribution in [0, 0.1) is 6.92 Å². The van der Waals surface area contributed by atoms with Crippen LogP contribution in [0.15, 0.2) is 0 Å². The number of amides is 1. The molecule has 2 atom stereocenters. The van der Waals surface area contributed by atoms with Crippen LogP contribution in [-0.2, 0) is 7.05 Å². The molecule has 2 unspecified atom stereocenters. The quantitative estimate of drug-likeness (QED) is 0.824.